The van der Waals surface area contributed by atoms with E-state index in [1.807, 2.05) is 0 Å². The average molecular weight is 1180 g/mol. The Kier molecular flexibility index (Phi) is 15.6. The second-order valence-corrected chi connectivity index (χ2v) is 24.1. The number of aliphatic hydroxyl groups is 3. The molecule has 0 amide bonds. The maximum atomic E-state index is 13.3. The van der Waals surface area contributed by atoms with Crippen LogP contribution in [-0.2, 0) is 83.0 Å². The second kappa shape index (κ2) is 21.1. The van der Waals surface area contributed by atoms with Gasteiger partial charge < -0.3 is 80.3 Å². The van der Waals surface area contributed by atoms with E-state index in [9.17, 15) is 58.2 Å². The van der Waals surface area contributed by atoms with Gasteiger partial charge in [0.1, 0.15) is 66.8 Å². The zero-order valence-corrected chi connectivity index (χ0v) is 43.3. The highest BCUT2D eigenvalue weighted by atomic mass is 32.5. The van der Waals surface area contributed by atoms with Gasteiger partial charge in [-0.05, 0) is 11.8 Å². The van der Waals surface area contributed by atoms with Gasteiger partial charge in [0.15, 0.2) is 41.4 Å². The van der Waals surface area contributed by atoms with E-state index in [0.29, 0.717) is 0 Å². The Morgan fingerprint density at radius 1 is 0.697 bits per heavy atom. The fourth-order valence-corrected chi connectivity index (χ4v) is 13.5. The van der Waals surface area contributed by atoms with Gasteiger partial charge in [0.2, 0.25) is 17.7 Å². The summed E-state index contributed by atoms with van der Waals surface area (Å²) in [5.74, 6) is -0.603. The molecular weight excluding hydrogens is 1130 g/mol. The van der Waals surface area contributed by atoms with Gasteiger partial charge in [-0.3, -0.25) is 46.8 Å². The lowest BCUT2D eigenvalue weighted by Gasteiger charge is -2.28. The molecule has 76 heavy (non-hydrogen) atoms. The average Bonchev–Trinajstić information content (AvgIpc) is 4.18. The molecule has 3 saturated heterocycles. The number of aliphatic hydroxyl groups excluding tert-OH is 3. The Morgan fingerprint density at radius 3 is 1.93 bits per heavy atom. The van der Waals surface area contributed by atoms with Crippen molar-refractivity contribution >= 4 is 93.2 Å². The van der Waals surface area contributed by atoms with Crippen LogP contribution in [0.3, 0.4) is 0 Å². The molecule has 9 heterocycles. The summed E-state index contributed by atoms with van der Waals surface area (Å²) in [6.45, 7) is -7.54. The largest absolute Gasteiger partial charge is 0.490 e. The molecule has 9 rings (SSSR count). The molecule has 3 fully saturated rings. The van der Waals surface area contributed by atoms with Crippen LogP contribution in [-0.4, -0.2) is 177 Å². The van der Waals surface area contributed by atoms with Crippen LogP contribution in [0.25, 0.3) is 33.5 Å². The number of aromatic amines is 2. The van der Waals surface area contributed by atoms with E-state index in [0.717, 1.165) is 31.4 Å². The van der Waals surface area contributed by atoms with Gasteiger partial charge in [-0.1, -0.05) is 4.98 Å². The Labute approximate surface area is 427 Å². The minimum atomic E-state index is -6.15. The molecule has 0 aromatic carbocycles. The summed E-state index contributed by atoms with van der Waals surface area (Å²) < 4.78 is 103. The molecule has 416 valence electrons. The monoisotopic (exact) mass is 1180 g/mol. The van der Waals surface area contributed by atoms with Crippen LogP contribution in [0.4, 0.5) is 17.7 Å². The number of aryl methyl sites for hydroxylation is 1. The first-order valence-electron chi connectivity index (χ1n) is 21.5. The van der Waals surface area contributed by atoms with Crippen LogP contribution >= 0.6 is 30.2 Å². The quantitative estimate of drug-likeness (QED) is 0.0256. The van der Waals surface area contributed by atoms with Gasteiger partial charge in [-0.2, -0.15) is 13.6 Å². The van der Waals surface area contributed by atoms with Gasteiger partial charge in [0, 0.05) is 14.2 Å². The summed E-state index contributed by atoms with van der Waals surface area (Å²) in [4.78, 5) is 96.8. The SMILES string of the molecule is COC1[C@@H](COP(=O)(O)OP(=O)(O)OP(=O)(O)OC[C@H]2O[C@@H](n3cnc4c(N)ncnc43)[C@@H](OC)C2OP(O)(=S)OC[C@H]2O[C@@H](n3cnc4c(=O)[nH]c(N)nc43)C(O)[C@H]2O)O[C@@H]([n+]2cn(C)c3c(=O)[nH]c(N)nc32)[C@H]1O. The van der Waals surface area contributed by atoms with E-state index in [-0.39, 0.29) is 51.2 Å². The van der Waals surface area contributed by atoms with Gasteiger partial charge >= 0.3 is 35.8 Å². The Morgan fingerprint density at radius 2 is 1.28 bits per heavy atom. The smallest absolute Gasteiger partial charge is 0.387 e. The van der Waals surface area contributed by atoms with Crippen LogP contribution in [0.15, 0.2) is 34.9 Å². The molecule has 7 unspecified atom stereocenters. The zero-order valence-electron chi connectivity index (χ0n) is 38.9. The minimum Gasteiger partial charge on any atom is -0.387 e. The van der Waals surface area contributed by atoms with Crippen molar-refractivity contribution in [3.63, 3.8) is 0 Å². The molecule has 3 aliphatic heterocycles. The van der Waals surface area contributed by atoms with Crippen LogP contribution in [0, 0.1) is 0 Å². The lowest BCUT2D eigenvalue weighted by Crippen LogP contribution is -2.46. The molecule has 6 aromatic rings. The number of fused-ring (bicyclic) bond motifs is 3. The van der Waals surface area contributed by atoms with E-state index in [1.54, 1.807) is 0 Å². The number of methoxy groups -OCH3 is 2. The summed E-state index contributed by atoms with van der Waals surface area (Å²) in [7, 11) is -14.0. The van der Waals surface area contributed by atoms with Crippen molar-refractivity contribution in [3.05, 3.63) is 46.0 Å². The van der Waals surface area contributed by atoms with E-state index in [1.165, 1.54) is 33.4 Å². The molecular formula is C33H46N15O23P4S+. The number of hydrogen-bond acceptors (Lipinski definition) is 29. The minimum absolute atomic E-state index is 0.0300. The molecule has 0 radical (unpaired) electrons. The maximum absolute atomic E-state index is 13.3. The van der Waals surface area contributed by atoms with Gasteiger partial charge in [-0.15, -0.1) is 0 Å². The van der Waals surface area contributed by atoms with Gasteiger partial charge in [-0.25, -0.2) is 38.2 Å². The lowest BCUT2D eigenvalue weighted by molar-refractivity contribution is -0.745. The molecule has 3 aliphatic rings. The number of nitrogens with one attached hydrogen (secondary N) is 2. The molecule has 15 N–H and O–H groups in total. The summed E-state index contributed by atoms with van der Waals surface area (Å²) >= 11 is 5.29. The number of phosphoric acid groups is 3. The van der Waals surface area contributed by atoms with Crippen molar-refractivity contribution in [3.8, 4) is 0 Å². The standard InChI is InChI=1S/C33H45N15O23P4S/c1-45-10-48(26-16(45)28(53)44-33(36)42-26)30-19(51)20(61-2)12(67-30)5-63-72(54,55)70-74(58,59)71-73(56,57)64-6-13-21(22(62-3)31(68-13)46-8-39-14-23(34)37-7-38-24(14)46)69-75(60,76)65-4-11-17(49)18(50)29(66-11)47-9-40-15-25(47)41-32(35)43-27(15)52/h7-13,17-22,29-31,49-51H,4-6H2,1-3H3,(H11-,34,35,36,37,38,41,42,43,44,52,53,54,55,56,57,58,59,60,76)/p+1/t11-,12-,13-,17+,18?,19+,20?,21?,22+,29-,30-,31-,75?/m1/s1. The summed E-state index contributed by atoms with van der Waals surface area (Å²) in [6.07, 6.45) is -13.4. The fourth-order valence-electron chi connectivity index (χ4n) is 8.57. The Hall–Kier alpha value is -4.73. The van der Waals surface area contributed by atoms with E-state index in [4.69, 9.17) is 70.8 Å². The number of ether oxygens (including phenoxy) is 5. The highest BCUT2D eigenvalue weighted by molar-refractivity contribution is 8.07. The molecule has 0 bridgehead atoms. The van der Waals surface area contributed by atoms with E-state index >= 15 is 0 Å². The predicted molar refractivity (Wildman–Crippen MR) is 250 cm³/mol. The fraction of sp³-hybridized carbons (Fsp3) is 0.545. The first kappa shape index (κ1) is 56.0. The maximum Gasteiger partial charge on any atom is 0.490 e. The third-order valence-electron chi connectivity index (χ3n) is 11.8. The van der Waals surface area contributed by atoms with Crippen molar-refractivity contribution in [1.82, 2.24) is 53.6 Å². The summed E-state index contributed by atoms with van der Waals surface area (Å²) in [6, 6.07) is 0. The van der Waals surface area contributed by atoms with Crippen molar-refractivity contribution in [2.24, 2.45) is 7.05 Å². The van der Waals surface area contributed by atoms with E-state index in [2.05, 4.69) is 48.5 Å². The number of nitrogens with two attached hydrogens (primary N) is 3. The number of H-pyrrole nitrogens is 2. The summed E-state index contributed by atoms with van der Waals surface area (Å²) in [5, 5.41) is 33.0. The topological polar surface area (TPSA) is 534 Å². The second-order valence-electron chi connectivity index (χ2n) is 16.7. The van der Waals surface area contributed by atoms with Crippen molar-refractivity contribution in [2.75, 3.05) is 51.2 Å². The molecule has 43 heteroatoms. The first-order valence-corrected chi connectivity index (χ1v) is 28.6. The number of imidazole rings is 3. The highest BCUT2D eigenvalue weighted by Gasteiger charge is 2.53. The van der Waals surface area contributed by atoms with Gasteiger partial charge in [0.05, 0.1) is 39.5 Å². The number of nitrogen functional groups attached to an aromatic ring is 3. The normalized spacial score (nSPS) is 30.2. The number of nitrogens with zero attached hydrogens (tertiary/aromatic N) is 10. The molecule has 6 aromatic heterocycles. The number of phosphoric ester groups is 2. The number of rotatable bonds is 20. The first-order chi connectivity index (χ1) is 35.7. The zero-order chi connectivity index (χ0) is 55.0. The number of aromatic nitrogens is 12. The van der Waals surface area contributed by atoms with E-state index < -0.39 is 135 Å². The van der Waals surface area contributed by atoms with Crippen LogP contribution in [0.2, 0.25) is 0 Å². The van der Waals surface area contributed by atoms with Crippen LogP contribution in [0.5, 0.6) is 0 Å². The Balaban J connectivity index is 0.866. The number of anilines is 3. The molecule has 0 aliphatic carbocycles. The molecule has 0 spiro atoms. The third kappa shape index (κ3) is 11.1. The van der Waals surface area contributed by atoms with Crippen molar-refractivity contribution in [1.29, 1.82) is 0 Å². The highest BCUT2D eigenvalue weighted by Crippen LogP contribution is 2.68. The van der Waals surface area contributed by atoms with Crippen molar-refractivity contribution < 1.29 is 104 Å². The lowest BCUT2D eigenvalue weighted by atomic mass is 10.1. The van der Waals surface area contributed by atoms with Crippen LogP contribution < -0.4 is 32.9 Å². The molecule has 0 saturated carbocycles. The number of hydrogen-bond donors (Lipinski definition) is 12. The predicted octanol–water partition coefficient (Wildman–Crippen LogP) is -3.94. The van der Waals surface area contributed by atoms with Gasteiger partial charge in [0.25, 0.3) is 17.1 Å². The third-order valence-corrected chi connectivity index (χ3v) is 17.6. The molecule has 16 atom stereocenters. The van der Waals surface area contributed by atoms with Crippen molar-refractivity contribution in [2.45, 2.75) is 73.6 Å². The molecule has 38 nitrogen and oxygen atoms in total. The van der Waals surface area contributed by atoms with Crippen LogP contribution in [0.1, 0.15) is 18.7 Å². The Bertz CT molecular complexity index is 3490. The summed E-state index contributed by atoms with van der Waals surface area (Å²) in [5.41, 5.74) is 15.9.